The standard InChI is InChI=1S/C31H51F3N6OS/c1-29(2)18-22-6-4-3-5-7-24-9-10-25(20-35-24)42-36-19-23-8-11-26(37-28(23)39(29)21-22)40-16-12-27(38-40)41-17-15-30(13-14-30)31(32,33)34/h12,16,22-26,28,35-37H,3-11,13-15,17-21H2,1-2H3. The van der Waals surface area contributed by atoms with Crippen LogP contribution in [0.25, 0.3) is 0 Å². The third-order valence-corrected chi connectivity index (χ3v) is 12.0. The lowest BCUT2D eigenvalue weighted by atomic mass is 9.90. The van der Waals surface area contributed by atoms with Gasteiger partial charge in [0.05, 0.1) is 18.2 Å². The van der Waals surface area contributed by atoms with Crippen molar-refractivity contribution in [3.05, 3.63) is 12.3 Å². The smallest absolute Gasteiger partial charge is 0.394 e. The third-order valence-electron chi connectivity index (χ3n) is 10.9. The number of hydrogen-bond donors (Lipinski definition) is 3. The van der Waals surface area contributed by atoms with E-state index in [1.54, 1.807) is 6.07 Å². The molecule has 11 heteroatoms. The molecule has 1 saturated carbocycles. The summed E-state index contributed by atoms with van der Waals surface area (Å²) in [7, 11) is 0. The van der Waals surface area contributed by atoms with E-state index in [0.717, 1.165) is 38.4 Å². The molecule has 7 rings (SSSR count). The quantitative estimate of drug-likeness (QED) is 0.340. The highest BCUT2D eigenvalue weighted by molar-refractivity contribution is 7.98. The van der Waals surface area contributed by atoms with Crippen LogP contribution in [0.15, 0.2) is 12.3 Å². The van der Waals surface area contributed by atoms with Gasteiger partial charge in [-0.2, -0.15) is 13.2 Å². The molecule has 0 spiro atoms. The first kappa shape index (κ1) is 31.0. The Morgan fingerprint density at radius 3 is 2.64 bits per heavy atom. The minimum atomic E-state index is -4.14. The summed E-state index contributed by atoms with van der Waals surface area (Å²) in [6.45, 7) is 8.06. The fraction of sp³-hybridized carbons (Fsp3) is 0.903. The zero-order valence-corrected chi connectivity index (χ0v) is 26.2. The predicted octanol–water partition coefficient (Wildman–Crippen LogP) is 6.24. The van der Waals surface area contributed by atoms with Gasteiger partial charge in [0.25, 0.3) is 0 Å². The molecule has 3 N–H and O–H groups in total. The lowest BCUT2D eigenvalue weighted by Crippen LogP contribution is -2.60. The van der Waals surface area contributed by atoms with Gasteiger partial charge in [0.2, 0.25) is 5.88 Å². The van der Waals surface area contributed by atoms with Gasteiger partial charge >= 0.3 is 6.18 Å². The predicted molar refractivity (Wildman–Crippen MR) is 161 cm³/mol. The van der Waals surface area contributed by atoms with E-state index in [0.29, 0.717) is 23.1 Å². The summed E-state index contributed by atoms with van der Waals surface area (Å²) in [4.78, 5) is 2.74. The molecular weight excluding hydrogens is 561 g/mol. The van der Waals surface area contributed by atoms with Crippen LogP contribution in [0.4, 0.5) is 13.2 Å². The maximum atomic E-state index is 13.3. The summed E-state index contributed by atoms with van der Waals surface area (Å²) in [5, 5.41) is 13.1. The molecule has 6 fully saturated rings. The van der Waals surface area contributed by atoms with E-state index in [2.05, 4.69) is 39.2 Å². The van der Waals surface area contributed by atoms with Crippen LogP contribution in [-0.4, -0.2) is 70.1 Å². The number of piperidine rings is 2. The molecule has 0 aromatic carbocycles. The molecule has 6 heterocycles. The highest BCUT2D eigenvalue weighted by Crippen LogP contribution is 2.59. The molecule has 7 nitrogen and oxygen atoms in total. The first-order valence-corrected chi connectivity index (χ1v) is 17.4. The monoisotopic (exact) mass is 612 g/mol. The van der Waals surface area contributed by atoms with Crippen molar-refractivity contribution in [2.45, 2.75) is 133 Å². The highest BCUT2D eigenvalue weighted by Gasteiger charge is 2.62. The molecule has 42 heavy (non-hydrogen) atoms. The fourth-order valence-electron chi connectivity index (χ4n) is 8.07. The van der Waals surface area contributed by atoms with E-state index in [1.165, 1.54) is 51.4 Å². The van der Waals surface area contributed by atoms with Crippen LogP contribution in [-0.2, 0) is 0 Å². The summed E-state index contributed by atoms with van der Waals surface area (Å²) < 4.78 is 51.3. The van der Waals surface area contributed by atoms with Gasteiger partial charge in [-0.1, -0.05) is 31.2 Å². The van der Waals surface area contributed by atoms with Gasteiger partial charge in [-0.25, -0.2) is 0 Å². The van der Waals surface area contributed by atoms with Gasteiger partial charge in [-0.05, 0) is 84.0 Å². The van der Waals surface area contributed by atoms with Crippen LogP contribution in [0.2, 0.25) is 0 Å². The number of nitrogens with one attached hydrogen (secondary N) is 3. The van der Waals surface area contributed by atoms with Crippen LogP contribution in [0.5, 0.6) is 5.88 Å². The van der Waals surface area contributed by atoms with E-state index in [-0.39, 0.29) is 43.7 Å². The molecule has 5 aliphatic heterocycles. The second-order valence-corrected chi connectivity index (χ2v) is 15.6. The second kappa shape index (κ2) is 12.8. The first-order chi connectivity index (χ1) is 20.1. The highest BCUT2D eigenvalue weighted by atomic mass is 32.2. The molecule has 0 amide bonds. The molecule has 6 aliphatic rings. The van der Waals surface area contributed by atoms with Crippen molar-refractivity contribution < 1.29 is 17.9 Å². The zero-order valence-electron chi connectivity index (χ0n) is 25.4. The van der Waals surface area contributed by atoms with Crippen molar-refractivity contribution in [3.8, 4) is 5.88 Å². The van der Waals surface area contributed by atoms with E-state index in [4.69, 9.17) is 4.74 Å². The Morgan fingerprint density at radius 1 is 1.05 bits per heavy atom. The van der Waals surface area contributed by atoms with Crippen molar-refractivity contribution in [1.29, 1.82) is 0 Å². The van der Waals surface area contributed by atoms with Gasteiger partial charge < -0.3 is 10.1 Å². The first-order valence-electron chi connectivity index (χ1n) is 16.5. The number of hydrogen-bond acceptors (Lipinski definition) is 7. The van der Waals surface area contributed by atoms with Crippen LogP contribution in [0.3, 0.4) is 0 Å². The third kappa shape index (κ3) is 7.11. The number of halogens is 3. The molecule has 7 atom stereocenters. The Labute approximate surface area is 254 Å². The number of rotatable bonds is 5. The number of fused-ring (bicyclic) bond motifs is 8. The molecule has 1 aromatic heterocycles. The van der Waals surface area contributed by atoms with Gasteiger partial charge in [0, 0.05) is 54.6 Å². The summed E-state index contributed by atoms with van der Waals surface area (Å²) in [6.07, 6.45) is 10.9. The summed E-state index contributed by atoms with van der Waals surface area (Å²) in [6, 6.07) is 2.49. The average molecular weight is 613 g/mol. The van der Waals surface area contributed by atoms with Crippen molar-refractivity contribution >= 4 is 11.9 Å². The fourth-order valence-corrected chi connectivity index (χ4v) is 9.05. The molecular formula is C31H51F3N6OS. The Kier molecular flexibility index (Phi) is 9.43. The molecule has 7 unspecified atom stereocenters. The van der Waals surface area contributed by atoms with Gasteiger partial charge in [-0.3, -0.25) is 19.6 Å². The van der Waals surface area contributed by atoms with E-state index in [1.807, 2.05) is 22.8 Å². The normalized spacial score (nSPS) is 37.1. The molecule has 238 valence electrons. The number of aromatic nitrogens is 2. The lowest BCUT2D eigenvalue weighted by molar-refractivity contribution is -0.190. The molecule has 1 aromatic rings. The van der Waals surface area contributed by atoms with Gasteiger partial charge in [-0.15, -0.1) is 5.10 Å². The minimum absolute atomic E-state index is 0.00249. The zero-order chi connectivity index (χ0) is 29.4. The SMILES string of the molecule is CC1(C)CC2CCCCCC3CCC(CN3)SNCC3CCC(n4ccc(OCCC5(C(F)(F)F)CC5)n4)NC3N1C2. The number of nitrogens with zero attached hydrogens (tertiary/aromatic N) is 3. The van der Waals surface area contributed by atoms with Crippen molar-refractivity contribution in [2.24, 2.45) is 17.3 Å². The van der Waals surface area contributed by atoms with E-state index < -0.39 is 11.6 Å². The van der Waals surface area contributed by atoms with Crippen LogP contribution in [0.1, 0.15) is 103 Å². The topological polar surface area (TPSA) is 66.4 Å². The second-order valence-electron chi connectivity index (χ2n) is 14.4. The Bertz CT molecular complexity index is 1020. The maximum Gasteiger partial charge on any atom is 0.394 e. The Hall–Kier alpha value is -1.01. The minimum Gasteiger partial charge on any atom is -0.477 e. The summed E-state index contributed by atoms with van der Waals surface area (Å²) in [5.41, 5.74) is -1.42. The molecule has 0 radical (unpaired) electrons. The van der Waals surface area contributed by atoms with Crippen LogP contribution in [0, 0.1) is 17.3 Å². The Balaban J connectivity index is 1.11. The summed E-state index contributed by atoms with van der Waals surface area (Å²) in [5.74, 6) is 1.62. The summed E-state index contributed by atoms with van der Waals surface area (Å²) >= 11 is 1.93. The van der Waals surface area contributed by atoms with E-state index in [9.17, 15) is 13.2 Å². The molecule has 5 saturated heterocycles. The molecule has 1 aliphatic carbocycles. The van der Waals surface area contributed by atoms with Gasteiger partial charge in [0.15, 0.2) is 0 Å². The average Bonchev–Trinajstić information content (AvgIpc) is 3.50. The van der Waals surface area contributed by atoms with Gasteiger partial charge in [0.1, 0.15) is 6.17 Å². The van der Waals surface area contributed by atoms with Crippen molar-refractivity contribution in [1.82, 2.24) is 30.0 Å². The Morgan fingerprint density at radius 2 is 1.88 bits per heavy atom. The number of ether oxygens (including phenoxy) is 1. The lowest BCUT2D eigenvalue weighted by Gasteiger charge is -2.47. The molecule has 4 bridgehead atoms. The largest absolute Gasteiger partial charge is 0.477 e. The maximum absolute atomic E-state index is 13.3. The van der Waals surface area contributed by atoms with Crippen LogP contribution >= 0.6 is 11.9 Å². The van der Waals surface area contributed by atoms with Crippen LogP contribution < -0.4 is 20.1 Å². The van der Waals surface area contributed by atoms with Crippen molar-refractivity contribution in [3.63, 3.8) is 0 Å². The van der Waals surface area contributed by atoms with Crippen molar-refractivity contribution in [2.75, 3.05) is 26.2 Å². The number of alkyl halides is 3. The van der Waals surface area contributed by atoms with E-state index >= 15 is 0 Å².